The van der Waals surface area contributed by atoms with Gasteiger partial charge in [-0.3, -0.25) is 9.59 Å². The Morgan fingerprint density at radius 2 is 1.82 bits per heavy atom. The zero-order valence-electron chi connectivity index (χ0n) is 15.2. The Balaban J connectivity index is 1.52. The third-order valence-electron chi connectivity index (χ3n) is 4.00. The van der Waals surface area contributed by atoms with E-state index in [4.69, 9.17) is 20.8 Å². The van der Waals surface area contributed by atoms with Gasteiger partial charge in [0.15, 0.2) is 5.76 Å². The standard InChI is InChI=1S/C21H19ClN2O4/c1-24(12-14-28-18-6-3-2-5-17(18)22)21(26)15-8-10-16(11-9-15)23-20(25)19-7-4-13-27-19/h2-11,13H,12,14H2,1H3,(H,23,25). The Hall–Kier alpha value is -3.25. The molecule has 2 aromatic carbocycles. The third-order valence-corrected chi connectivity index (χ3v) is 4.31. The maximum Gasteiger partial charge on any atom is 0.291 e. The molecule has 0 spiro atoms. The van der Waals surface area contributed by atoms with E-state index in [-0.39, 0.29) is 17.6 Å². The number of furan rings is 1. The van der Waals surface area contributed by atoms with E-state index in [9.17, 15) is 9.59 Å². The fraction of sp³-hybridized carbons (Fsp3) is 0.143. The number of hydrogen-bond acceptors (Lipinski definition) is 4. The normalized spacial score (nSPS) is 10.4. The Morgan fingerprint density at radius 3 is 2.50 bits per heavy atom. The molecule has 6 nitrogen and oxygen atoms in total. The lowest BCUT2D eigenvalue weighted by atomic mass is 10.2. The predicted molar refractivity (Wildman–Crippen MR) is 107 cm³/mol. The molecule has 0 fully saturated rings. The summed E-state index contributed by atoms with van der Waals surface area (Å²) in [6.45, 7) is 0.726. The number of carbonyl (C=O) groups is 2. The number of nitrogens with zero attached hydrogens (tertiary/aromatic N) is 1. The molecule has 1 N–H and O–H groups in total. The number of halogens is 1. The van der Waals surface area contributed by atoms with Crippen LogP contribution < -0.4 is 10.1 Å². The molecule has 2 amide bonds. The van der Waals surface area contributed by atoms with Gasteiger partial charge in [-0.05, 0) is 48.5 Å². The summed E-state index contributed by atoms with van der Waals surface area (Å²) >= 11 is 6.04. The first-order chi connectivity index (χ1) is 13.5. The van der Waals surface area contributed by atoms with Crippen molar-refractivity contribution in [3.63, 3.8) is 0 Å². The van der Waals surface area contributed by atoms with Crippen molar-refractivity contribution < 1.29 is 18.7 Å². The Labute approximate surface area is 167 Å². The van der Waals surface area contributed by atoms with Gasteiger partial charge in [-0.1, -0.05) is 23.7 Å². The lowest BCUT2D eigenvalue weighted by Crippen LogP contribution is -2.30. The maximum absolute atomic E-state index is 12.5. The number of anilines is 1. The number of hydrogen-bond donors (Lipinski definition) is 1. The highest BCUT2D eigenvalue weighted by atomic mass is 35.5. The van der Waals surface area contributed by atoms with Crippen molar-refractivity contribution in [3.05, 3.63) is 83.3 Å². The average Bonchev–Trinajstić information content (AvgIpc) is 3.24. The maximum atomic E-state index is 12.5. The molecule has 3 aromatic rings. The number of amides is 2. The lowest BCUT2D eigenvalue weighted by Gasteiger charge is -2.18. The number of carbonyl (C=O) groups excluding carboxylic acids is 2. The summed E-state index contributed by atoms with van der Waals surface area (Å²) in [5, 5.41) is 3.24. The molecule has 0 aliphatic carbocycles. The van der Waals surface area contributed by atoms with Gasteiger partial charge in [0.25, 0.3) is 11.8 Å². The van der Waals surface area contributed by atoms with E-state index in [1.807, 2.05) is 12.1 Å². The Bertz CT molecular complexity index is 939. The Kier molecular flexibility index (Phi) is 6.34. The van der Waals surface area contributed by atoms with Crippen LogP contribution in [-0.2, 0) is 0 Å². The van der Waals surface area contributed by atoms with E-state index in [1.54, 1.807) is 60.5 Å². The molecule has 0 aliphatic heterocycles. The molecule has 0 atom stereocenters. The van der Waals surface area contributed by atoms with Gasteiger partial charge in [-0.15, -0.1) is 0 Å². The lowest BCUT2D eigenvalue weighted by molar-refractivity contribution is 0.0773. The van der Waals surface area contributed by atoms with E-state index in [2.05, 4.69) is 5.32 Å². The van der Waals surface area contributed by atoms with E-state index >= 15 is 0 Å². The molecule has 0 saturated carbocycles. The number of nitrogens with one attached hydrogen (secondary N) is 1. The predicted octanol–water partition coefficient (Wildman–Crippen LogP) is 4.34. The van der Waals surface area contributed by atoms with Crippen LogP contribution in [0.25, 0.3) is 0 Å². The van der Waals surface area contributed by atoms with Crippen LogP contribution in [0, 0.1) is 0 Å². The molecule has 0 saturated heterocycles. The number of ether oxygens (including phenoxy) is 1. The van der Waals surface area contributed by atoms with Gasteiger partial charge in [0, 0.05) is 18.3 Å². The molecule has 0 radical (unpaired) electrons. The fourth-order valence-electron chi connectivity index (χ4n) is 2.47. The summed E-state index contributed by atoms with van der Waals surface area (Å²) in [6, 6.07) is 17.1. The van der Waals surface area contributed by atoms with Crippen LogP contribution in [0.1, 0.15) is 20.9 Å². The average molecular weight is 399 g/mol. The quantitative estimate of drug-likeness (QED) is 0.642. The molecule has 1 aromatic heterocycles. The highest BCUT2D eigenvalue weighted by molar-refractivity contribution is 6.32. The second-order valence-electron chi connectivity index (χ2n) is 6.01. The van der Waals surface area contributed by atoms with Gasteiger partial charge in [-0.25, -0.2) is 0 Å². The number of para-hydroxylation sites is 1. The Morgan fingerprint density at radius 1 is 1.07 bits per heavy atom. The second-order valence-corrected chi connectivity index (χ2v) is 6.42. The fourth-order valence-corrected chi connectivity index (χ4v) is 2.66. The minimum absolute atomic E-state index is 0.147. The molecule has 0 bridgehead atoms. The van der Waals surface area contributed by atoms with Crippen molar-refractivity contribution in [3.8, 4) is 5.75 Å². The summed E-state index contributed by atoms with van der Waals surface area (Å²) < 4.78 is 10.7. The molecule has 0 unspecified atom stereocenters. The van der Waals surface area contributed by atoms with Gasteiger partial charge in [0.1, 0.15) is 12.4 Å². The van der Waals surface area contributed by atoms with Crippen molar-refractivity contribution in [1.29, 1.82) is 0 Å². The number of benzene rings is 2. The molecule has 28 heavy (non-hydrogen) atoms. The second kappa shape index (κ2) is 9.10. The van der Waals surface area contributed by atoms with E-state index in [0.717, 1.165) is 0 Å². The molecular formula is C21H19ClN2O4. The van der Waals surface area contributed by atoms with Crippen LogP contribution in [0.4, 0.5) is 5.69 Å². The first-order valence-corrected chi connectivity index (χ1v) is 9.00. The van der Waals surface area contributed by atoms with Crippen molar-refractivity contribution in [2.24, 2.45) is 0 Å². The largest absolute Gasteiger partial charge is 0.490 e. The van der Waals surface area contributed by atoms with Crippen molar-refractivity contribution in [1.82, 2.24) is 4.90 Å². The monoisotopic (exact) mass is 398 g/mol. The summed E-state index contributed by atoms with van der Waals surface area (Å²) in [7, 11) is 1.70. The van der Waals surface area contributed by atoms with Crippen molar-refractivity contribution in [2.75, 3.05) is 25.5 Å². The van der Waals surface area contributed by atoms with Gasteiger partial charge in [-0.2, -0.15) is 0 Å². The first-order valence-electron chi connectivity index (χ1n) is 8.62. The zero-order chi connectivity index (χ0) is 19.9. The SMILES string of the molecule is CN(CCOc1ccccc1Cl)C(=O)c1ccc(NC(=O)c2ccco2)cc1. The minimum atomic E-state index is -0.349. The van der Waals surface area contributed by atoms with Crippen molar-refractivity contribution >= 4 is 29.1 Å². The number of rotatable bonds is 7. The van der Waals surface area contributed by atoms with Gasteiger partial charge in [0.05, 0.1) is 17.8 Å². The summed E-state index contributed by atoms with van der Waals surface area (Å²) in [5.74, 6) is 0.310. The smallest absolute Gasteiger partial charge is 0.291 e. The van der Waals surface area contributed by atoms with Crippen LogP contribution in [0.5, 0.6) is 5.75 Å². The topological polar surface area (TPSA) is 71.8 Å². The van der Waals surface area contributed by atoms with Crippen LogP contribution in [-0.4, -0.2) is 36.9 Å². The first kappa shape index (κ1) is 19.5. The molecule has 3 rings (SSSR count). The zero-order valence-corrected chi connectivity index (χ0v) is 16.0. The molecular weight excluding hydrogens is 380 g/mol. The van der Waals surface area contributed by atoms with Crippen molar-refractivity contribution in [2.45, 2.75) is 0 Å². The molecule has 7 heteroatoms. The van der Waals surface area contributed by atoms with Crippen LogP contribution in [0.3, 0.4) is 0 Å². The molecule has 1 heterocycles. The summed E-state index contributed by atoms with van der Waals surface area (Å²) in [5.41, 5.74) is 1.08. The molecule has 0 aliphatic rings. The summed E-state index contributed by atoms with van der Waals surface area (Å²) in [6.07, 6.45) is 1.43. The van der Waals surface area contributed by atoms with Gasteiger partial charge < -0.3 is 19.4 Å². The number of likely N-dealkylation sites (N-methyl/N-ethyl adjacent to an activating group) is 1. The minimum Gasteiger partial charge on any atom is -0.490 e. The summed E-state index contributed by atoms with van der Waals surface area (Å²) in [4.78, 5) is 26.0. The van der Waals surface area contributed by atoms with Crippen LogP contribution in [0.15, 0.2) is 71.3 Å². The van der Waals surface area contributed by atoms with E-state index in [1.165, 1.54) is 6.26 Å². The van der Waals surface area contributed by atoms with E-state index in [0.29, 0.717) is 35.2 Å². The van der Waals surface area contributed by atoms with Crippen LogP contribution in [0.2, 0.25) is 5.02 Å². The highest BCUT2D eigenvalue weighted by Gasteiger charge is 2.13. The third kappa shape index (κ3) is 4.92. The van der Waals surface area contributed by atoms with Gasteiger partial charge >= 0.3 is 0 Å². The molecule has 144 valence electrons. The van der Waals surface area contributed by atoms with Gasteiger partial charge in [0.2, 0.25) is 0 Å². The van der Waals surface area contributed by atoms with E-state index < -0.39 is 0 Å². The van der Waals surface area contributed by atoms with Crippen LogP contribution >= 0.6 is 11.6 Å². The highest BCUT2D eigenvalue weighted by Crippen LogP contribution is 2.23.